The zero-order chi connectivity index (χ0) is 15.8. The summed E-state index contributed by atoms with van der Waals surface area (Å²) < 4.78 is 15.6. The van der Waals surface area contributed by atoms with Gasteiger partial charge in [-0.05, 0) is 29.9 Å². The third kappa shape index (κ3) is 2.51. The zero-order valence-electron chi connectivity index (χ0n) is 12.5. The second-order valence-corrected chi connectivity index (χ2v) is 6.38. The number of hydrogen-bond donors (Lipinski definition) is 1. The molecule has 1 fully saturated rings. The number of nitriles is 1. The lowest BCUT2D eigenvalue weighted by molar-refractivity contribution is -0.0409. The lowest BCUT2D eigenvalue weighted by Gasteiger charge is -2.35. The number of nitrogens with zero attached hydrogens (tertiary/aromatic N) is 3. The van der Waals surface area contributed by atoms with E-state index in [1.807, 2.05) is 6.92 Å². The van der Waals surface area contributed by atoms with Crippen molar-refractivity contribution in [2.75, 3.05) is 0 Å². The first-order chi connectivity index (χ1) is 10.5. The van der Waals surface area contributed by atoms with E-state index in [0.717, 1.165) is 12.8 Å². The predicted molar refractivity (Wildman–Crippen MR) is 79.3 cm³/mol. The first-order valence-corrected chi connectivity index (χ1v) is 7.33. The third-order valence-corrected chi connectivity index (χ3v) is 4.82. The summed E-state index contributed by atoms with van der Waals surface area (Å²) in [6.45, 7) is 2.25. The minimum Gasteiger partial charge on any atom is -0.387 e. The summed E-state index contributed by atoms with van der Waals surface area (Å²) >= 11 is 0. The fraction of sp³-hybridized carbons (Fsp3) is 0.412. The predicted octanol–water partition coefficient (Wildman–Crippen LogP) is 2.67. The minimum absolute atomic E-state index is 0.221. The maximum absolute atomic E-state index is 14.0. The van der Waals surface area contributed by atoms with E-state index in [1.165, 1.54) is 18.6 Å². The van der Waals surface area contributed by atoms with E-state index in [4.69, 9.17) is 5.26 Å². The van der Waals surface area contributed by atoms with Gasteiger partial charge < -0.3 is 9.67 Å². The van der Waals surface area contributed by atoms with Crippen molar-refractivity contribution < 1.29 is 9.50 Å². The Balaban J connectivity index is 1.93. The van der Waals surface area contributed by atoms with Crippen LogP contribution >= 0.6 is 0 Å². The van der Waals surface area contributed by atoms with Crippen LogP contribution in [0.5, 0.6) is 0 Å². The van der Waals surface area contributed by atoms with E-state index < -0.39 is 5.60 Å². The Morgan fingerprint density at radius 2 is 2.18 bits per heavy atom. The van der Waals surface area contributed by atoms with Gasteiger partial charge in [0.1, 0.15) is 17.6 Å². The molecule has 1 saturated carbocycles. The van der Waals surface area contributed by atoms with Crippen molar-refractivity contribution in [3.05, 3.63) is 53.9 Å². The molecule has 5 heteroatoms. The summed E-state index contributed by atoms with van der Waals surface area (Å²) in [5.41, 5.74) is -0.471. The molecule has 4 nitrogen and oxygen atoms in total. The van der Waals surface area contributed by atoms with E-state index in [-0.39, 0.29) is 24.2 Å². The van der Waals surface area contributed by atoms with Gasteiger partial charge in [-0.25, -0.2) is 9.37 Å². The maximum Gasteiger partial charge on any atom is 0.139 e. The van der Waals surface area contributed by atoms with Crippen molar-refractivity contribution in [3.63, 3.8) is 0 Å². The van der Waals surface area contributed by atoms with Crippen LogP contribution < -0.4 is 0 Å². The van der Waals surface area contributed by atoms with Crippen LogP contribution in [0.15, 0.2) is 36.8 Å². The molecule has 2 aromatic rings. The highest BCUT2D eigenvalue weighted by molar-refractivity contribution is 5.23. The first kappa shape index (κ1) is 14.7. The molecule has 1 heterocycles. The Kier molecular flexibility index (Phi) is 3.50. The van der Waals surface area contributed by atoms with Crippen LogP contribution in [0.1, 0.15) is 31.0 Å². The van der Waals surface area contributed by atoms with Gasteiger partial charge in [-0.3, -0.25) is 0 Å². The lowest BCUT2D eigenvalue weighted by Crippen LogP contribution is -2.44. The summed E-state index contributed by atoms with van der Waals surface area (Å²) in [4.78, 5) is 3.96. The van der Waals surface area contributed by atoms with Gasteiger partial charge in [-0.2, -0.15) is 5.26 Å². The average molecular weight is 299 g/mol. The molecule has 3 rings (SSSR count). The molecule has 114 valence electrons. The molecule has 0 spiro atoms. The van der Waals surface area contributed by atoms with Crippen molar-refractivity contribution in [3.8, 4) is 6.07 Å². The Morgan fingerprint density at radius 1 is 1.45 bits per heavy atom. The summed E-state index contributed by atoms with van der Waals surface area (Å²) in [5, 5.41) is 20.4. The maximum atomic E-state index is 14.0. The van der Waals surface area contributed by atoms with Gasteiger partial charge in [0.2, 0.25) is 0 Å². The molecule has 1 atom stereocenters. The third-order valence-electron chi connectivity index (χ3n) is 4.82. The fourth-order valence-electron chi connectivity index (χ4n) is 2.89. The van der Waals surface area contributed by atoms with Gasteiger partial charge >= 0.3 is 0 Å². The summed E-state index contributed by atoms with van der Waals surface area (Å²) in [5.74, 6) is -0.309. The molecule has 0 bridgehead atoms. The zero-order valence-corrected chi connectivity index (χ0v) is 12.5. The summed E-state index contributed by atoms with van der Waals surface area (Å²) in [7, 11) is 0. The Hall–Kier alpha value is -2.19. The molecule has 0 unspecified atom stereocenters. The van der Waals surface area contributed by atoms with Crippen LogP contribution in [-0.4, -0.2) is 20.3 Å². The molecule has 0 aliphatic heterocycles. The number of aromatic nitrogens is 2. The number of hydrogen-bond acceptors (Lipinski definition) is 3. The number of halogens is 1. The summed E-state index contributed by atoms with van der Waals surface area (Å²) in [6.07, 6.45) is 5.03. The Morgan fingerprint density at radius 3 is 2.82 bits per heavy atom. The quantitative estimate of drug-likeness (QED) is 0.923. The molecule has 1 N–H and O–H groups in total. The van der Waals surface area contributed by atoms with Crippen LogP contribution in [0.25, 0.3) is 0 Å². The first-order valence-electron chi connectivity index (χ1n) is 7.33. The van der Waals surface area contributed by atoms with Crippen molar-refractivity contribution in [1.29, 1.82) is 5.26 Å². The van der Waals surface area contributed by atoms with Gasteiger partial charge in [-0.15, -0.1) is 0 Å². The van der Waals surface area contributed by atoms with E-state index in [0.29, 0.717) is 11.3 Å². The topological polar surface area (TPSA) is 61.8 Å². The molecule has 1 aromatic carbocycles. The fourth-order valence-corrected chi connectivity index (χ4v) is 2.89. The van der Waals surface area contributed by atoms with Gasteiger partial charge in [0.15, 0.2) is 0 Å². The van der Waals surface area contributed by atoms with Gasteiger partial charge in [0.25, 0.3) is 0 Å². The average Bonchev–Trinajstić information content (AvgIpc) is 3.10. The molecular formula is C17H18FN3O. The van der Waals surface area contributed by atoms with Gasteiger partial charge in [0, 0.05) is 6.42 Å². The molecule has 0 radical (unpaired) electrons. The number of imidazole rings is 1. The molecule has 22 heavy (non-hydrogen) atoms. The van der Waals surface area contributed by atoms with Crippen molar-refractivity contribution in [1.82, 2.24) is 9.55 Å². The van der Waals surface area contributed by atoms with Crippen molar-refractivity contribution >= 4 is 0 Å². The minimum atomic E-state index is -1.11. The number of benzene rings is 1. The molecule has 0 amide bonds. The van der Waals surface area contributed by atoms with Crippen molar-refractivity contribution in [2.24, 2.45) is 5.41 Å². The van der Waals surface area contributed by atoms with Crippen LogP contribution in [0, 0.1) is 22.6 Å². The van der Waals surface area contributed by atoms with E-state index in [2.05, 4.69) is 11.1 Å². The highest BCUT2D eigenvalue weighted by Gasteiger charge is 2.55. The lowest BCUT2D eigenvalue weighted by atomic mass is 9.80. The highest BCUT2D eigenvalue weighted by Crippen LogP contribution is 2.55. The molecule has 1 aliphatic carbocycles. The van der Waals surface area contributed by atoms with Crippen LogP contribution in [0.3, 0.4) is 0 Å². The summed E-state index contributed by atoms with van der Waals surface area (Å²) in [6, 6.07) is 8.57. The Bertz CT molecular complexity index is 724. The molecule has 1 aliphatic rings. The van der Waals surface area contributed by atoms with E-state index in [1.54, 1.807) is 22.8 Å². The van der Waals surface area contributed by atoms with Crippen LogP contribution in [0.2, 0.25) is 0 Å². The highest BCUT2D eigenvalue weighted by atomic mass is 19.1. The Labute approximate surface area is 128 Å². The smallest absolute Gasteiger partial charge is 0.139 e. The standard InChI is InChI=1S/C17H18FN3O/c1-16(6-7-16)17(22,8-13-4-2-3-5-15(13)18)11-21-12-20-10-14(21)9-19/h2-5,10,12,22H,6-8,11H2,1H3/t17-/m0/s1. The monoisotopic (exact) mass is 299 g/mol. The van der Waals surface area contributed by atoms with Gasteiger partial charge in [0.05, 0.1) is 24.7 Å². The number of aliphatic hydroxyl groups is 1. The SMILES string of the molecule is CC1([C@](O)(Cc2ccccc2F)Cn2cncc2C#N)CC1. The van der Waals surface area contributed by atoms with E-state index in [9.17, 15) is 9.50 Å². The largest absolute Gasteiger partial charge is 0.387 e. The normalized spacial score (nSPS) is 18.5. The van der Waals surface area contributed by atoms with Crippen LogP contribution in [-0.2, 0) is 13.0 Å². The van der Waals surface area contributed by atoms with E-state index >= 15 is 0 Å². The van der Waals surface area contributed by atoms with Crippen molar-refractivity contribution in [2.45, 2.75) is 38.3 Å². The van der Waals surface area contributed by atoms with Gasteiger partial charge in [-0.1, -0.05) is 25.1 Å². The second-order valence-electron chi connectivity index (χ2n) is 6.38. The second kappa shape index (κ2) is 5.22. The number of rotatable bonds is 5. The van der Waals surface area contributed by atoms with Crippen LogP contribution in [0.4, 0.5) is 4.39 Å². The molecular weight excluding hydrogens is 281 g/mol. The molecule has 1 aromatic heterocycles. The molecule has 0 saturated heterocycles.